The number of aromatic nitrogens is 2. The summed E-state index contributed by atoms with van der Waals surface area (Å²) in [6.07, 6.45) is 0. The van der Waals surface area contributed by atoms with Crippen molar-refractivity contribution < 1.29 is 4.74 Å². The SMILES string of the molecule is Cc1[nH]c(=O)c(C#N)cc1-c1csc(NCCN2CCOCC2)n1. The average Bonchev–Trinajstić information content (AvgIpc) is 3.04. The molecule has 7 nitrogen and oxygen atoms in total. The standard InChI is InChI=1S/C16H19N5O2S/c1-11-13(8-12(9-17)15(22)19-11)14-10-24-16(20-14)18-2-3-21-4-6-23-7-5-21/h8,10H,2-7H2,1H3,(H,18,20)(H,19,22). The van der Waals surface area contributed by atoms with Crippen LogP contribution in [0.2, 0.25) is 0 Å². The van der Waals surface area contributed by atoms with E-state index in [1.165, 1.54) is 11.3 Å². The Morgan fingerprint density at radius 3 is 3.04 bits per heavy atom. The number of hydrogen-bond acceptors (Lipinski definition) is 7. The van der Waals surface area contributed by atoms with E-state index in [4.69, 9.17) is 10.00 Å². The molecule has 0 atom stereocenters. The number of H-pyrrole nitrogens is 1. The van der Waals surface area contributed by atoms with Crippen molar-refractivity contribution in [1.29, 1.82) is 5.26 Å². The van der Waals surface area contributed by atoms with Gasteiger partial charge in [-0.1, -0.05) is 0 Å². The predicted octanol–water partition coefficient (Wildman–Crippen LogP) is 1.42. The van der Waals surface area contributed by atoms with Gasteiger partial charge in [-0.3, -0.25) is 9.69 Å². The highest BCUT2D eigenvalue weighted by Gasteiger charge is 2.12. The maximum Gasteiger partial charge on any atom is 0.266 e. The van der Waals surface area contributed by atoms with Gasteiger partial charge in [0.25, 0.3) is 5.56 Å². The Balaban J connectivity index is 1.65. The summed E-state index contributed by atoms with van der Waals surface area (Å²) in [4.78, 5) is 21.2. The molecule has 8 heteroatoms. The van der Waals surface area contributed by atoms with E-state index in [0.717, 1.165) is 55.8 Å². The minimum Gasteiger partial charge on any atom is -0.379 e. The number of nitriles is 1. The van der Waals surface area contributed by atoms with Gasteiger partial charge in [-0.25, -0.2) is 4.98 Å². The van der Waals surface area contributed by atoms with E-state index in [1.807, 2.05) is 18.4 Å². The van der Waals surface area contributed by atoms with Gasteiger partial charge in [0, 0.05) is 42.8 Å². The molecule has 2 aromatic heterocycles. The van der Waals surface area contributed by atoms with Crippen LogP contribution < -0.4 is 10.9 Å². The van der Waals surface area contributed by atoms with E-state index in [-0.39, 0.29) is 11.1 Å². The summed E-state index contributed by atoms with van der Waals surface area (Å²) in [5.74, 6) is 0. The lowest BCUT2D eigenvalue weighted by molar-refractivity contribution is 0.0398. The number of nitrogens with zero attached hydrogens (tertiary/aromatic N) is 3. The van der Waals surface area contributed by atoms with Crippen molar-refractivity contribution in [1.82, 2.24) is 14.9 Å². The molecule has 0 unspecified atom stereocenters. The van der Waals surface area contributed by atoms with Gasteiger partial charge in [-0.2, -0.15) is 5.26 Å². The van der Waals surface area contributed by atoms with Crippen LogP contribution in [0.4, 0.5) is 5.13 Å². The van der Waals surface area contributed by atoms with E-state index in [1.54, 1.807) is 6.07 Å². The molecule has 0 radical (unpaired) electrons. The molecule has 2 N–H and O–H groups in total. The lowest BCUT2D eigenvalue weighted by Crippen LogP contribution is -2.38. The van der Waals surface area contributed by atoms with Crippen molar-refractivity contribution >= 4 is 16.5 Å². The molecule has 0 bridgehead atoms. The van der Waals surface area contributed by atoms with Crippen molar-refractivity contribution in [2.24, 2.45) is 0 Å². The summed E-state index contributed by atoms with van der Waals surface area (Å²) in [5, 5.41) is 15.1. The third kappa shape index (κ3) is 3.82. The van der Waals surface area contributed by atoms with Gasteiger partial charge < -0.3 is 15.0 Å². The van der Waals surface area contributed by atoms with Crippen molar-refractivity contribution in [2.75, 3.05) is 44.7 Å². The molecule has 1 fully saturated rings. The van der Waals surface area contributed by atoms with Crippen LogP contribution in [-0.2, 0) is 4.74 Å². The Bertz CT molecular complexity index is 802. The fourth-order valence-corrected chi connectivity index (χ4v) is 3.34. The third-order valence-electron chi connectivity index (χ3n) is 3.95. The number of aromatic amines is 1. The summed E-state index contributed by atoms with van der Waals surface area (Å²) < 4.78 is 5.33. The van der Waals surface area contributed by atoms with Gasteiger partial charge in [0.05, 0.1) is 18.9 Å². The van der Waals surface area contributed by atoms with Crippen molar-refractivity contribution in [3.05, 3.63) is 33.1 Å². The molecule has 1 aliphatic heterocycles. The molecular formula is C16H19N5O2S. The molecule has 126 valence electrons. The Kier molecular flexibility index (Phi) is 5.25. The number of anilines is 1. The Morgan fingerprint density at radius 2 is 2.29 bits per heavy atom. The summed E-state index contributed by atoms with van der Waals surface area (Å²) in [5.41, 5.74) is 2.00. The fourth-order valence-electron chi connectivity index (χ4n) is 2.60. The topological polar surface area (TPSA) is 94.0 Å². The van der Waals surface area contributed by atoms with Gasteiger partial charge >= 0.3 is 0 Å². The van der Waals surface area contributed by atoms with Gasteiger partial charge in [-0.15, -0.1) is 11.3 Å². The Hall–Kier alpha value is -2.21. The Labute approximate surface area is 143 Å². The summed E-state index contributed by atoms with van der Waals surface area (Å²) in [6.45, 7) is 7.12. The van der Waals surface area contributed by atoms with Crippen LogP contribution in [0.1, 0.15) is 11.3 Å². The van der Waals surface area contributed by atoms with E-state index in [0.29, 0.717) is 5.69 Å². The molecule has 0 aromatic carbocycles. The zero-order chi connectivity index (χ0) is 16.9. The number of morpholine rings is 1. The molecule has 0 amide bonds. The second-order valence-electron chi connectivity index (χ2n) is 5.58. The number of hydrogen-bond donors (Lipinski definition) is 2. The predicted molar refractivity (Wildman–Crippen MR) is 93.4 cm³/mol. The second-order valence-corrected chi connectivity index (χ2v) is 6.44. The lowest BCUT2D eigenvalue weighted by atomic mass is 10.1. The number of pyridine rings is 1. The second kappa shape index (κ2) is 7.57. The number of thiazole rings is 1. The number of aryl methyl sites for hydroxylation is 1. The molecule has 0 spiro atoms. The molecule has 1 saturated heterocycles. The van der Waals surface area contributed by atoms with E-state index >= 15 is 0 Å². The first-order valence-corrected chi connectivity index (χ1v) is 8.69. The van der Waals surface area contributed by atoms with Crippen molar-refractivity contribution in [3.63, 3.8) is 0 Å². The number of nitrogens with one attached hydrogen (secondary N) is 2. The van der Waals surface area contributed by atoms with Crippen LogP contribution in [0.3, 0.4) is 0 Å². The van der Waals surface area contributed by atoms with Crippen molar-refractivity contribution in [3.8, 4) is 17.3 Å². The first-order chi connectivity index (χ1) is 11.7. The van der Waals surface area contributed by atoms with Gasteiger partial charge in [0.1, 0.15) is 11.6 Å². The molecule has 3 heterocycles. The van der Waals surface area contributed by atoms with Gasteiger partial charge in [-0.05, 0) is 13.0 Å². The zero-order valence-corrected chi connectivity index (χ0v) is 14.3. The van der Waals surface area contributed by atoms with Gasteiger partial charge in [0.2, 0.25) is 0 Å². The van der Waals surface area contributed by atoms with E-state index in [2.05, 4.69) is 20.2 Å². The highest BCUT2D eigenvalue weighted by Crippen LogP contribution is 2.26. The highest BCUT2D eigenvalue weighted by atomic mass is 32.1. The van der Waals surface area contributed by atoms with Crippen LogP contribution in [0.5, 0.6) is 0 Å². The van der Waals surface area contributed by atoms with E-state index in [9.17, 15) is 4.79 Å². The minimum absolute atomic E-state index is 0.102. The zero-order valence-electron chi connectivity index (χ0n) is 13.5. The Morgan fingerprint density at radius 1 is 1.50 bits per heavy atom. The van der Waals surface area contributed by atoms with Crippen LogP contribution >= 0.6 is 11.3 Å². The van der Waals surface area contributed by atoms with Crippen molar-refractivity contribution in [2.45, 2.75) is 6.92 Å². The van der Waals surface area contributed by atoms with Crippen LogP contribution in [0, 0.1) is 18.3 Å². The normalized spacial score (nSPS) is 15.2. The summed E-state index contributed by atoms with van der Waals surface area (Å²) in [6, 6.07) is 3.51. The largest absolute Gasteiger partial charge is 0.379 e. The maximum absolute atomic E-state index is 11.6. The first-order valence-electron chi connectivity index (χ1n) is 7.81. The summed E-state index contributed by atoms with van der Waals surface area (Å²) in [7, 11) is 0. The summed E-state index contributed by atoms with van der Waals surface area (Å²) >= 11 is 1.52. The highest BCUT2D eigenvalue weighted by molar-refractivity contribution is 7.14. The molecule has 24 heavy (non-hydrogen) atoms. The van der Waals surface area contributed by atoms with Crippen LogP contribution in [0.25, 0.3) is 11.3 Å². The third-order valence-corrected chi connectivity index (χ3v) is 4.75. The number of rotatable bonds is 5. The number of ether oxygens (including phenoxy) is 1. The van der Waals surface area contributed by atoms with Gasteiger partial charge in [0.15, 0.2) is 5.13 Å². The molecular weight excluding hydrogens is 326 g/mol. The quantitative estimate of drug-likeness (QED) is 0.851. The molecule has 1 aliphatic rings. The molecule has 0 aliphatic carbocycles. The average molecular weight is 345 g/mol. The smallest absolute Gasteiger partial charge is 0.266 e. The molecule has 2 aromatic rings. The fraction of sp³-hybridized carbons (Fsp3) is 0.438. The van der Waals surface area contributed by atoms with Crippen LogP contribution in [0.15, 0.2) is 16.2 Å². The minimum atomic E-state index is -0.363. The first kappa shape index (κ1) is 16.6. The monoisotopic (exact) mass is 345 g/mol. The van der Waals surface area contributed by atoms with Crippen LogP contribution in [-0.4, -0.2) is 54.3 Å². The molecule has 0 saturated carbocycles. The maximum atomic E-state index is 11.6. The molecule has 3 rings (SSSR count). The lowest BCUT2D eigenvalue weighted by Gasteiger charge is -2.26. The van der Waals surface area contributed by atoms with E-state index < -0.39 is 0 Å².